The van der Waals surface area contributed by atoms with Crippen molar-refractivity contribution >= 4 is 39.0 Å². The molecule has 4 aromatic rings. The third-order valence-corrected chi connectivity index (χ3v) is 7.56. The Kier molecular flexibility index (Phi) is 5.29. The standard InChI is InChI=1S/C22H18N4O3S2/c27-21-19-14-6-2-1-3-7-16(14)31-22(19)25-20(24-21)13-9-10-17(15(12-13)26(28)29)30-18-8-4-5-11-23-18/h4-5,8-12H,1-3,6-7H2,(H,24,25,27). The summed E-state index contributed by atoms with van der Waals surface area (Å²) in [6.07, 6.45) is 6.93. The van der Waals surface area contributed by atoms with Gasteiger partial charge in [0.1, 0.15) is 15.7 Å². The average molecular weight is 451 g/mol. The van der Waals surface area contributed by atoms with E-state index < -0.39 is 4.92 Å². The van der Waals surface area contributed by atoms with Gasteiger partial charge >= 0.3 is 0 Å². The van der Waals surface area contributed by atoms with Crippen LogP contribution in [-0.4, -0.2) is 19.9 Å². The minimum atomic E-state index is -0.418. The van der Waals surface area contributed by atoms with Crippen LogP contribution in [0.4, 0.5) is 5.69 Å². The van der Waals surface area contributed by atoms with Crippen LogP contribution in [-0.2, 0) is 12.8 Å². The molecular weight excluding hydrogens is 432 g/mol. The van der Waals surface area contributed by atoms with E-state index >= 15 is 0 Å². The lowest BCUT2D eigenvalue weighted by Gasteiger charge is -2.06. The first-order valence-electron chi connectivity index (χ1n) is 10.0. The van der Waals surface area contributed by atoms with Gasteiger partial charge in [0.15, 0.2) is 0 Å². The van der Waals surface area contributed by atoms with Crippen molar-refractivity contribution in [2.24, 2.45) is 0 Å². The van der Waals surface area contributed by atoms with Crippen LogP contribution in [0.15, 0.2) is 57.3 Å². The van der Waals surface area contributed by atoms with Crippen molar-refractivity contribution < 1.29 is 4.92 Å². The maximum absolute atomic E-state index is 12.9. The highest BCUT2D eigenvalue weighted by Crippen LogP contribution is 2.37. The van der Waals surface area contributed by atoms with E-state index in [0.29, 0.717) is 31.5 Å². The van der Waals surface area contributed by atoms with E-state index in [1.165, 1.54) is 29.1 Å². The molecule has 0 aliphatic heterocycles. The fourth-order valence-electron chi connectivity index (χ4n) is 3.89. The normalized spacial score (nSPS) is 13.7. The molecular formula is C22H18N4O3S2. The predicted molar refractivity (Wildman–Crippen MR) is 122 cm³/mol. The molecule has 31 heavy (non-hydrogen) atoms. The molecule has 1 N–H and O–H groups in total. The van der Waals surface area contributed by atoms with Gasteiger partial charge < -0.3 is 4.98 Å². The quantitative estimate of drug-likeness (QED) is 0.255. The number of nitro groups is 1. The molecule has 0 unspecified atom stereocenters. The van der Waals surface area contributed by atoms with Gasteiger partial charge in [0, 0.05) is 22.7 Å². The zero-order valence-corrected chi connectivity index (χ0v) is 18.1. The molecule has 0 saturated carbocycles. The van der Waals surface area contributed by atoms with E-state index in [-0.39, 0.29) is 11.2 Å². The fourth-order valence-corrected chi connectivity index (χ4v) is 6.01. The summed E-state index contributed by atoms with van der Waals surface area (Å²) in [6.45, 7) is 0. The molecule has 0 amide bonds. The molecule has 3 aromatic heterocycles. The number of aryl methyl sites for hydroxylation is 2. The lowest BCUT2D eigenvalue weighted by molar-refractivity contribution is -0.387. The number of fused-ring (bicyclic) bond motifs is 3. The van der Waals surface area contributed by atoms with Crippen LogP contribution in [0, 0.1) is 10.1 Å². The molecule has 1 aliphatic carbocycles. The van der Waals surface area contributed by atoms with Crippen molar-refractivity contribution in [2.75, 3.05) is 0 Å². The SMILES string of the molecule is O=c1[nH]c(-c2ccc(Sc3ccccn3)c([N+](=O)[O-])c2)nc2sc3c(c12)CCCCC3. The number of thiophene rings is 1. The van der Waals surface area contributed by atoms with Crippen LogP contribution in [0.1, 0.15) is 29.7 Å². The molecule has 0 spiro atoms. The number of nitrogens with one attached hydrogen (secondary N) is 1. The number of H-pyrrole nitrogens is 1. The number of pyridine rings is 1. The number of nitrogens with zero attached hydrogens (tertiary/aromatic N) is 3. The van der Waals surface area contributed by atoms with Crippen LogP contribution in [0.2, 0.25) is 0 Å². The third kappa shape index (κ3) is 3.86. The smallest absolute Gasteiger partial charge is 0.284 e. The Morgan fingerprint density at radius 3 is 2.81 bits per heavy atom. The Hall–Kier alpha value is -3.04. The van der Waals surface area contributed by atoms with Crippen LogP contribution in [0.5, 0.6) is 0 Å². The summed E-state index contributed by atoms with van der Waals surface area (Å²) in [4.78, 5) is 38.4. The van der Waals surface area contributed by atoms with Crippen LogP contribution < -0.4 is 5.56 Å². The van der Waals surface area contributed by atoms with Crippen LogP contribution in [0.25, 0.3) is 21.6 Å². The zero-order chi connectivity index (χ0) is 21.4. The van der Waals surface area contributed by atoms with E-state index in [1.54, 1.807) is 41.8 Å². The average Bonchev–Trinajstić information content (AvgIpc) is 2.96. The molecule has 156 valence electrons. The molecule has 1 aromatic carbocycles. The number of hydrogen-bond donors (Lipinski definition) is 1. The largest absolute Gasteiger partial charge is 0.306 e. The minimum absolute atomic E-state index is 0.0436. The molecule has 7 nitrogen and oxygen atoms in total. The van der Waals surface area contributed by atoms with Gasteiger partial charge in [0.05, 0.1) is 15.2 Å². The number of aromatic amines is 1. The van der Waals surface area contributed by atoms with E-state index in [0.717, 1.165) is 31.2 Å². The second kappa shape index (κ2) is 8.24. The highest BCUT2D eigenvalue weighted by atomic mass is 32.2. The van der Waals surface area contributed by atoms with Crippen molar-refractivity contribution in [2.45, 2.75) is 42.0 Å². The van der Waals surface area contributed by atoms with E-state index in [2.05, 4.69) is 15.0 Å². The maximum atomic E-state index is 12.9. The van der Waals surface area contributed by atoms with E-state index in [9.17, 15) is 14.9 Å². The molecule has 0 bridgehead atoms. The lowest BCUT2D eigenvalue weighted by atomic mass is 10.1. The Labute approximate surface area is 185 Å². The lowest BCUT2D eigenvalue weighted by Crippen LogP contribution is -2.10. The summed E-state index contributed by atoms with van der Waals surface area (Å²) in [7, 11) is 0. The van der Waals surface area contributed by atoms with Gasteiger partial charge in [-0.3, -0.25) is 14.9 Å². The van der Waals surface area contributed by atoms with Crippen molar-refractivity contribution in [1.82, 2.24) is 15.0 Å². The summed E-state index contributed by atoms with van der Waals surface area (Å²) < 4.78 is 0. The maximum Gasteiger partial charge on any atom is 0.284 e. The summed E-state index contributed by atoms with van der Waals surface area (Å²) in [5.41, 5.74) is 1.43. The molecule has 0 saturated heterocycles. The highest BCUT2D eigenvalue weighted by Gasteiger charge is 2.21. The fraction of sp³-hybridized carbons (Fsp3) is 0.227. The number of aromatic nitrogens is 3. The molecule has 5 rings (SSSR count). The molecule has 0 atom stereocenters. The second-order valence-corrected chi connectivity index (χ2v) is 9.51. The van der Waals surface area contributed by atoms with Crippen molar-refractivity contribution in [3.8, 4) is 11.4 Å². The van der Waals surface area contributed by atoms with Gasteiger partial charge in [-0.15, -0.1) is 11.3 Å². The van der Waals surface area contributed by atoms with E-state index in [4.69, 9.17) is 0 Å². The Morgan fingerprint density at radius 1 is 1.13 bits per heavy atom. The molecule has 0 fully saturated rings. The number of rotatable bonds is 4. The Bertz CT molecular complexity index is 1350. The van der Waals surface area contributed by atoms with Crippen molar-refractivity contribution in [1.29, 1.82) is 0 Å². The second-order valence-electron chi connectivity index (χ2n) is 7.37. The van der Waals surface area contributed by atoms with Gasteiger partial charge in [-0.25, -0.2) is 9.97 Å². The Balaban J connectivity index is 1.57. The highest BCUT2D eigenvalue weighted by molar-refractivity contribution is 7.99. The van der Waals surface area contributed by atoms with Gasteiger partial charge in [-0.1, -0.05) is 24.2 Å². The first kappa shape index (κ1) is 19.9. The number of benzene rings is 1. The summed E-state index contributed by atoms with van der Waals surface area (Å²) in [5.74, 6) is 0.353. The van der Waals surface area contributed by atoms with Gasteiger partial charge in [-0.05, 0) is 55.5 Å². The predicted octanol–water partition coefficient (Wildman–Crippen LogP) is 5.37. The molecule has 0 radical (unpaired) electrons. The topological polar surface area (TPSA) is 102 Å². The minimum Gasteiger partial charge on any atom is -0.306 e. The van der Waals surface area contributed by atoms with Crippen molar-refractivity contribution in [3.63, 3.8) is 0 Å². The monoisotopic (exact) mass is 450 g/mol. The third-order valence-electron chi connectivity index (χ3n) is 5.36. The first-order valence-corrected chi connectivity index (χ1v) is 11.7. The van der Waals surface area contributed by atoms with Crippen LogP contribution >= 0.6 is 23.1 Å². The summed E-state index contributed by atoms with van der Waals surface area (Å²) in [6, 6.07) is 10.3. The van der Waals surface area contributed by atoms with Gasteiger partial charge in [-0.2, -0.15) is 0 Å². The number of nitro benzene ring substituents is 1. The van der Waals surface area contributed by atoms with E-state index in [1.807, 2.05) is 6.07 Å². The summed E-state index contributed by atoms with van der Waals surface area (Å²) in [5, 5.41) is 13.1. The van der Waals surface area contributed by atoms with Gasteiger partial charge in [0.2, 0.25) is 0 Å². The van der Waals surface area contributed by atoms with Gasteiger partial charge in [0.25, 0.3) is 11.2 Å². The molecule has 3 heterocycles. The summed E-state index contributed by atoms with van der Waals surface area (Å²) >= 11 is 2.80. The number of hydrogen-bond acceptors (Lipinski definition) is 7. The van der Waals surface area contributed by atoms with Crippen molar-refractivity contribution in [3.05, 3.63) is 73.5 Å². The first-order chi connectivity index (χ1) is 15.1. The molecule has 9 heteroatoms. The molecule has 1 aliphatic rings. The zero-order valence-electron chi connectivity index (χ0n) is 16.5. The van der Waals surface area contributed by atoms with Crippen LogP contribution in [0.3, 0.4) is 0 Å². The Morgan fingerprint density at radius 2 is 2.00 bits per heavy atom.